The third-order valence-electron chi connectivity index (χ3n) is 3.48. The van der Waals surface area contributed by atoms with Crippen molar-refractivity contribution >= 4 is 15.5 Å². The molecule has 19 heavy (non-hydrogen) atoms. The van der Waals surface area contributed by atoms with Gasteiger partial charge in [-0.25, -0.2) is 17.9 Å². The Morgan fingerprint density at radius 1 is 1.32 bits per heavy atom. The van der Waals surface area contributed by atoms with Crippen LogP contribution in [0.15, 0.2) is 18.3 Å². The van der Waals surface area contributed by atoms with Gasteiger partial charge in [0.2, 0.25) is 0 Å². The van der Waals surface area contributed by atoms with Gasteiger partial charge >= 0.3 is 0 Å². The largest absolute Gasteiger partial charge is 0.495 e. The Labute approximate surface area is 111 Å². The van der Waals surface area contributed by atoms with E-state index in [2.05, 4.69) is 10.1 Å². The molecule has 0 unspecified atom stereocenters. The lowest BCUT2D eigenvalue weighted by atomic mass is 10.0. The number of rotatable bonds is 2. The Morgan fingerprint density at radius 3 is 2.74 bits per heavy atom. The SMILES string of the molecule is COc1ccc2nc(C3CCS(=O)(=O)CC3)nn2c1. The van der Waals surface area contributed by atoms with Crippen LogP contribution in [0.5, 0.6) is 5.75 Å². The number of fused-ring (bicyclic) bond motifs is 1. The molecule has 0 saturated carbocycles. The molecule has 1 aliphatic heterocycles. The molecule has 2 aromatic heterocycles. The Kier molecular flexibility index (Phi) is 2.93. The summed E-state index contributed by atoms with van der Waals surface area (Å²) < 4.78 is 29.7. The van der Waals surface area contributed by atoms with E-state index in [-0.39, 0.29) is 17.4 Å². The first-order chi connectivity index (χ1) is 9.07. The number of methoxy groups -OCH3 is 1. The normalized spacial score (nSPS) is 19.6. The summed E-state index contributed by atoms with van der Waals surface area (Å²) in [5.74, 6) is 2.04. The fourth-order valence-corrected chi connectivity index (χ4v) is 3.81. The second kappa shape index (κ2) is 4.48. The molecule has 0 N–H and O–H groups in total. The van der Waals surface area contributed by atoms with Gasteiger partial charge in [-0.1, -0.05) is 0 Å². The predicted molar refractivity (Wildman–Crippen MR) is 70.2 cm³/mol. The van der Waals surface area contributed by atoms with Crippen molar-refractivity contribution in [3.63, 3.8) is 0 Å². The van der Waals surface area contributed by atoms with E-state index in [4.69, 9.17) is 4.74 Å². The van der Waals surface area contributed by atoms with Crippen LogP contribution in [-0.4, -0.2) is 41.6 Å². The van der Waals surface area contributed by atoms with E-state index in [1.807, 2.05) is 12.1 Å². The second-order valence-corrected chi connectivity index (χ2v) is 7.07. The maximum Gasteiger partial charge on any atom is 0.155 e. The molecule has 1 fully saturated rings. The lowest BCUT2D eigenvalue weighted by molar-refractivity contribution is 0.411. The molecule has 0 radical (unpaired) electrons. The summed E-state index contributed by atoms with van der Waals surface area (Å²) in [5, 5.41) is 4.42. The average Bonchev–Trinajstić information content (AvgIpc) is 2.81. The van der Waals surface area contributed by atoms with Crippen LogP contribution in [-0.2, 0) is 9.84 Å². The van der Waals surface area contributed by atoms with Crippen molar-refractivity contribution < 1.29 is 13.2 Å². The highest BCUT2D eigenvalue weighted by Crippen LogP contribution is 2.27. The molecule has 0 amide bonds. The van der Waals surface area contributed by atoms with Crippen LogP contribution in [0.1, 0.15) is 24.6 Å². The highest BCUT2D eigenvalue weighted by atomic mass is 32.2. The molecule has 0 aromatic carbocycles. The molecule has 0 spiro atoms. The standard InChI is InChI=1S/C12H15N3O3S/c1-18-10-2-3-11-13-12(14-15(11)8-10)9-4-6-19(16,17)7-5-9/h2-3,8-9H,4-7H2,1H3. The lowest BCUT2D eigenvalue weighted by Gasteiger charge is -2.18. The molecule has 3 heterocycles. The lowest BCUT2D eigenvalue weighted by Crippen LogP contribution is -2.22. The van der Waals surface area contributed by atoms with Crippen molar-refractivity contribution in [2.24, 2.45) is 0 Å². The van der Waals surface area contributed by atoms with Crippen LogP contribution < -0.4 is 4.74 Å². The zero-order valence-corrected chi connectivity index (χ0v) is 11.4. The van der Waals surface area contributed by atoms with Gasteiger partial charge < -0.3 is 4.74 Å². The number of aromatic nitrogens is 3. The van der Waals surface area contributed by atoms with Crippen LogP contribution in [0.25, 0.3) is 5.65 Å². The topological polar surface area (TPSA) is 73.6 Å². The molecule has 0 bridgehead atoms. The molecule has 2 aromatic rings. The molecular weight excluding hydrogens is 266 g/mol. The minimum atomic E-state index is -2.85. The van der Waals surface area contributed by atoms with Crippen molar-refractivity contribution in [1.82, 2.24) is 14.6 Å². The number of sulfone groups is 1. The molecular formula is C12H15N3O3S. The average molecular weight is 281 g/mol. The summed E-state index contributed by atoms with van der Waals surface area (Å²) in [5.41, 5.74) is 0.754. The van der Waals surface area contributed by atoms with Gasteiger partial charge in [-0.2, -0.15) is 5.10 Å². The van der Waals surface area contributed by atoms with E-state index in [1.54, 1.807) is 17.8 Å². The first-order valence-corrected chi connectivity index (χ1v) is 8.00. The van der Waals surface area contributed by atoms with E-state index in [0.29, 0.717) is 12.8 Å². The van der Waals surface area contributed by atoms with Crippen LogP contribution in [0.2, 0.25) is 0 Å². The minimum Gasteiger partial charge on any atom is -0.495 e. The number of ether oxygens (including phenoxy) is 1. The number of hydrogen-bond acceptors (Lipinski definition) is 5. The van der Waals surface area contributed by atoms with E-state index in [0.717, 1.165) is 17.2 Å². The van der Waals surface area contributed by atoms with Gasteiger partial charge in [0.1, 0.15) is 15.6 Å². The Hall–Kier alpha value is -1.63. The first-order valence-electron chi connectivity index (χ1n) is 6.18. The van der Waals surface area contributed by atoms with Gasteiger partial charge in [-0.15, -0.1) is 0 Å². The summed E-state index contributed by atoms with van der Waals surface area (Å²) >= 11 is 0. The van der Waals surface area contributed by atoms with Crippen molar-refractivity contribution in [3.05, 3.63) is 24.2 Å². The van der Waals surface area contributed by atoms with Crippen molar-refractivity contribution in [2.45, 2.75) is 18.8 Å². The quantitative estimate of drug-likeness (QED) is 0.822. The zero-order chi connectivity index (χ0) is 13.5. The third kappa shape index (κ3) is 2.42. The van der Waals surface area contributed by atoms with Crippen LogP contribution in [0, 0.1) is 0 Å². The maximum absolute atomic E-state index is 11.4. The number of pyridine rings is 1. The summed E-state index contributed by atoms with van der Waals surface area (Å²) in [6.07, 6.45) is 2.98. The summed E-state index contributed by atoms with van der Waals surface area (Å²) in [7, 11) is -1.24. The minimum absolute atomic E-state index is 0.134. The van der Waals surface area contributed by atoms with Crippen LogP contribution >= 0.6 is 0 Å². The van der Waals surface area contributed by atoms with Gasteiger partial charge in [-0.05, 0) is 25.0 Å². The Morgan fingerprint density at radius 2 is 2.05 bits per heavy atom. The fourth-order valence-electron chi connectivity index (χ4n) is 2.32. The van der Waals surface area contributed by atoms with Crippen LogP contribution in [0.4, 0.5) is 0 Å². The van der Waals surface area contributed by atoms with E-state index >= 15 is 0 Å². The van der Waals surface area contributed by atoms with Crippen molar-refractivity contribution in [2.75, 3.05) is 18.6 Å². The number of nitrogens with zero attached hydrogens (tertiary/aromatic N) is 3. The predicted octanol–water partition coefficient (Wildman–Crippen LogP) is 1.03. The second-order valence-electron chi connectivity index (χ2n) is 4.77. The molecule has 0 aliphatic carbocycles. The molecule has 3 rings (SSSR count). The highest BCUT2D eigenvalue weighted by molar-refractivity contribution is 7.91. The summed E-state index contributed by atoms with van der Waals surface area (Å²) in [6.45, 7) is 0. The Balaban J connectivity index is 1.89. The fraction of sp³-hybridized carbons (Fsp3) is 0.500. The van der Waals surface area contributed by atoms with Gasteiger partial charge in [0, 0.05) is 5.92 Å². The van der Waals surface area contributed by atoms with Crippen molar-refractivity contribution in [1.29, 1.82) is 0 Å². The smallest absolute Gasteiger partial charge is 0.155 e. The first kappa shape index (κ1) is 12.4. The van der Waals surface area contributed by atoms with E-state index in [1.165, 1.54) is 0 Å². The molecule has 1 aliphatic rings. The summed E-state index contributed by atoms with van der Waals surface area (Å²) in [4.78, 5) is 4.46. The molecule has 6 nitrogen and oxygen atoms in total. The van der Waals surface area contributed by atoms with E-state index in [9.17, 15) is 8.42 Å². The number of hydrogen-bond donors (Lipinski definition) is 0. The van der Waals surface area contributed by atoms with Crippen LogP contribution in [0.3, 0.4) is 0 Å². The zero-order valence-electron chi connectivity index (χ0n) is 10.6. The third-order valence-corrected chi connectivity index (χ3v) is 5.19. The summed E-state index contributed by atoms with van der Waals surface area (Å²) in [6, 6.07) is 3.67. The Bertz CT molecular complexity index is 694. The van der Waals surface area contributed by atoms with Gasteiger partial charge in [0.05, 0.1) is 24.8 Å². The monoisotopic (exact) mass is 281 g/mol. The molecule has 7 heteroatoms. The molecule has 0 atom stereocenters. The van der Waals surface area contributed by atoms with Crippen molar-refractivity contribution in [3.8, 4) is 5.75 Å². The highest BCUT2D eigenvalue weighted by Gasteiger charge is 2.27. The van der Waals surface area contributed by atoms with E-state index < -0.39 is 9.84 Å². The van der Waals surface area contributed by atoms with Gasteiger partial charge in [-0.3, -0.25) is 0 Å². The molecule has 102 valence electrons. The van der Waals surface area contributed by atoms with Gasteiger partial charge in [0.15, 0.2) is 11.5 Å². The molecule has 1 saturated heterocycles. The maximum atomic E-state index is 11.4. The van der Waals surface area contributed by atoms with Gasteiger partial charge in [0.25, 0.3) is 0 Å².